The van der Waals surface area contributed by atoms with Gasteiger partial charge < -0.3 is 5.11 Å². The van der Waals surface area contributed by atoms with E-state index >= 15 is 0 Å². The van der Waals surface area contributed by atoms with E-state index in [-0.39, 0.29) is 10.5 Å². The van der Waals surface area contributed by atoms with Crippen LogP contribution in [0.4, 0.5) is 0 Å². The van der Waals surface area contributed by atoms with Gasteiger partial charge in [-0.25, -0.2) is 17.9 Å². The Labute approximate surface area is 113 Å². The summed E-state index contributed by atoms with van der Waals surface area (Å²) in [5.74, 6) is -1.14. The van der Waals surface area contributed by atoms with Crippen molar-refractivity contribution in [3.63, 3.8) is 0 Å². The van der Waals surface area contributed by atoms with Gasteiger partial charge in [0.1, 0.15) is 0 Å². The van der Waals surface area contributed by atoms with E-state index in [0.29, 0.717) is 11.1 Å². The van der Waals surface area contributed by atoms with Crippen molar-refractivity contribution < 1.29 is 18.3 Å². The van der Waals surface area contributed by atoms with Crippen LogP contribution >= 0.6 is 0 Å². The van der Waals surface area contributed by atoms with E-state index in [1.54, 1.807) is 34.6 Å². The Morgan fingerprint density at radius 2 is 1.74 bits per heavy atom. The summed E-state index contributed by atoms with van der Waals surface area (Å²) in [6.45, 7) is 8.55. The van der Waals surface area contributed by atoms with Gasteiger partial charge in [0, 0.05) is 5.54 Å². The first kappa shape index (κ1) is 15.7. The summed E-state index contributed by atoms with van der Waals surface area (Å²) in [6.07, 6.45) is 0. The summed E-state index contributed by atoms with van der Waals surface area (Å²) in [4.78, 5) is 11.0. The second-order valence-electron chi connectivity index (χ2n) is 5.58. The third kappa shape index (κ3) is 3.78. The van der Waals surface area contributed by atoms with Crippen LogP contribution in [0.15, 0.2) is 17.0 Å². The number of aromatic carboxylic acids is 1. The first-order valence-corrected chi connectivity index (χ1v) is 7.31. The molecular formula is C13H19NO4S. The normalized spacial score (nSPS) is 12.5. The smallest absolute Gasteiger partial charge is 0.335 e. The molecule has 0 saturated heterocycles. The van der Waals surface area contributed by atoms with Crippen molar-refractivity contribution in [1.82, 2.24) is 4.72 Å². The SMILES string of the molecule is Cc1cc(C(=O)O)cc(S(=O)(=O)NC(C)(C)C)c1C. The molecule has 2 N–H and O–H groups in total. The maximum atomic E-state index is 12.3. The van der Waals surface area contributed by atoms with Crippen molar-refractivity contribution in [2.24, 2.45) is 0 Å². The zero-order chi connectivity index (χ0) is 15.0. The van der Waals surface area contributed by atoms with Crippen LogP contribution in [-0.4, -0.2) is 25.0 Å². The number of sulfonamides is 1. The summed E-state index contributed by atoms with van der Waals surface area (Å²) >= 11 is 0. The average molecular weight is 285 g/mol. The topological polar surface area (TPSA) is 83.5 Å². The summed E-state index contributed by atoms with van der Waals surface area (Å²) in [5, 5.41) is 9.01. The molecule has 5 nitrogen and oxygen atoms in total. The van der Waals surface area contributed by atoms with Crippen LogP contribution in [0.1, 0.15) is 42.3 Å². The Morgan fingerprint density at radius 1 is 1.21 bits per heavy atom. The first-order chi connectivity index (χ1) is 8.44. The van der Waals surface area contributed by atoms with Crippen LogP contribution in [0, 0.1) is 13.8 Å². The van der Waals surface area contributed by atoms with Crippen LogP contribution < -0.4 is 4.72 Å². The van der Waals surface area contributed by atoms with Gasteiger partial charge in [-0.1, -0.05) is 0 Å². The lowest BCUT2D eigenvalue weighted by Gasteiger charge is -2.21. The Hall–Kier alpha value is -1.40. The van der Waals surface area contributed by atoms with Gasteiger partial charge in [0.2, 0.25) is 10.0 Å². The minimum absolute atomic E-state index is 0.0137. The molecule has 0 aliphatic rings. The van der Waals surface area contributed by atoms with E-state index in [4.69, 9.17) is 5.11 Å². The van der Waals surface area contributed by atoms with Gasteiger partial charge in [0.15, 0.2) is 0 Å². The molecule has 0 unspecified atom stereocenters. The molecule has 0 atom stereocenters. The number of carboxylic acid groups (broad SMARTS) is 1. The second-order valence-corrected chi connectivity index (χ2v) is 7.23. The van der Waals surface area contributed by atoms with E-state index in [2.05, 4.69) is 4.72 Å². The van der Waals surface area contributed by atoms with E-state index < -0.39 is 21.5 Å². The highest BCUT2D eigenvalue weighted by Crippen LogP contribution is 2.22. The lowest BCUT2D eigenvalue weighted by Crippen LogP contribution is -2.40. The maximum absolute atomic E-state index is 12.3. The van der Waals surface area contributed by atoms with E-state index in [1.165, 1.54) is 12.1 Å². The number of rotatable bonds is 3. The largest absolute Gasteiger partial charge is 0.478 e. The zero-order valence-electron chi connectivity index (χ0n) is 11.7. The van der Waals surface area contributed by atoms with Gasteiger partial charge in [-0.05, 0) is 57.9 Å². The Morgan fingerprint density at radius 3 is 2.16 bits per heavy atom. The number of carbonyl (C=O) groups is 1. The molecule has 0 aromatic heterocycles. The van der Waals surface area contributed by atoms with Crippen molar-refractivity contribution in [3.8, 4) is 0 Å². The van der Waals surface area contributed by atoms with E-state index in [9.17, 15) is 13.2 Å². The molecule has 19 heavy (non-hydrogen) atoms. The summed E-state index contributed by atoms with van der Waals surface area (Å²) in [5.41, 5.74) is 0.534. The van der Waals surface area contributed by atoms with Gasteiger partial charge in [-0.3, -0.25) is 0 Å². The highest BCUT2D eigenvalue weighted by Gasteiger charge is 2.25. The molecular weight excluding hydrogens is 266 g/mol. The molecule has 0 fully saturated rings. The van der Waals surface area contributed by atoms with Gasteiger partial charge in [0.25, 0.3) is 0 Å². The van der Waals surface area contributed by atoms with Crippen molar-refractivity contribution in [2.75, 3.05) is 0 Å². The summed E-state index contributed by atoms with van der Waals surface area (Å²) in [6, 6.07) is 2.66. The van der Waals surface area contributed by atoms with Crippen molar-refractivity contribution in [2.45, 2.75) is 45.1 Å². The molecule has 1 aromatic rings. The number of hydrogen-bond donors (Lipinski definition) is 2. The summed E-state index contributed by atoms with van der Waals surface area (Å²) < 4.78 is 27.1. The highest BCUT2D eigenvalue weighted by molar-refractivity contribution is 7.89. The predicted molar refractivity (Wildman–Crippen MR) is 72.9 cm³/mol. The van der Waals surface area contributed by atoms with Crippen LogP contribution in [0.2, 0.25) is 0 Å². The lowest BCUT2D eigenvalue weighted by molar-refractivity contribution is 0.0696. The summed E-state index contributed by atoms with van der Waals surface area (Å²) in [7, 11) is -3.74. The molecule has 0 heterocycles. The number of nitrogens with one attached hydrogen (secondary N) is 1. The minimum atomic E-state index is -3.74. The molecule has 106 valence electrons. The van der Waals surface area contributed by atoms with Gasteiger partial charge >= 0.3 is 5.97 Å². The molecule has 0 aliphatic heterocycles. The van der Waals surface area contributed by atoms with Gasteiger partial charge in [-0.2, -0.15) is 0 Å². The molecule has 0 aliphatic carbocycles. The molecule has 1 rings (SSSR count). The zero-order valence-corrected chi connectivity index (χ0v) is 12.6. The molecule has 0 bridgehead atoms. The quantitative estimate of drug-likeness (QED) is 0.890. The number of hydrogen-bond acceptors (Lipinski definition) is 3. The first-order valence-electron chi connectivity index (χ1n) is 5.82. The van der Waals surface area contributed by atoms with Crippen molar-refractivity contribution in [1.29, 1.82) is 0 Å². The lowest BCUT2D eigenvalue weighted by atomic mass is 10.1. The van der Waals surface area contributed by atoms with Gasteiger partial charge in [0.05, 0.1) is 10.5 Å². The predicted octanol–water partition coefficient (Wildman–Crippen LogP) is 2.08. The Kier molecular flexibility index (Phi) is 4.07. The third-order valence-corrected chi connectivity index (χ3v) is 4.48. The number of benzene rings is 1. The van der Waals surface area contributed by atoms with Crippen LogP contribution in [0.25, 0.3) is 0 Å². The Bertz CT molecular complexity index is 612. The second kappa shape index (κ2) is 4.94. The molecule has 0 radical (unpaired) electrons. The van der Waals surface area contributed by atoms with Crippen molar-refractivity contribution in [3.05, 3.63) is 28.8 Å². The highest BCUT2D eigenvalue weighted by atomic mass is 32.2. The number of carboxylic acids is 1. The number of aryl methyl sites for hydroxylation is 1. The van der Waals surface area contributed by atoms with Crippen LogP contribution in [0.3, 0.4) is 0 Å². The molecule has 0 spiro atoms. The van der Waals surface area contributed by atoms with Crippen LogP contribution in [0.5, 0.6) is 0 Å². The average Bonchev–Trinajstić information content (AvgIpc) is 2.17. The standard InChI is InChI=1S/C13H19NO4S/c1-8-6-10(12(15)16)7-11(9(8)2)19(17,18)14-13(3,4)5/h6-7,14H,1-5H3,(H,15,16). The minimum Gasteiger partial charge on any atom is -0.478 e. The monoisotopic (exact) mass is 285 g/mol. The fourth-order valence-electron chi connectivity index (χ4n) is 1.69. The van der Waals surface area contributed by atoms with E-state index in [0.717, 1.165) is 0 Å². The molecule has 1 aromatic carbocycles. The fraction of sp³-hybridized carbons (Fsp3) is 0.462. The third-order valence-electron chi connectivity index (χ3n) is 2.60. The van der Waals surface area contributed by atoms with Gasteiger partial charge in [-0.15, -0.1) is 0 Å². The van der Waals surface area contributed by atoms with E-state index in [1.807, 2.05) is 0 Å². The molecule has 6 heteroatoms. The Balaban J connectivity index is 3.46. The fourth-order valence-corrected chi connectivity index (χ4v) is 3.45. The maximum Gasteiger partial charge on any atom is 0.335 e. The molecule has 0 amide bonds. The van der Waals surface area contributed by atoms with Crippen molar-refractivity contribution >= 4 is 16.0 Å². The van der Waals surface area contributed by atoms with Crippen LogP contribution in [-0.2, 0) is 10.0 Å². The molecule has 0 saturated carbocycles.